The summed E-state index contributed by atoms with van der Waals surface area (Å²) in [6, 6.07) is 11.9. The van der Waals surface area contributed by atoms with Gasteiger partial charge in [-0.2, -0.15) is 0 Å². The van der Waals surface area contributed by atoms with Crippen LogP contribution in [0.5, 0.6) is 0 Å². The predicted octanol–water partition coefficient (Wildman–Crippen LogP) is 3.76. The topological polar surface area (TPSA) is 40.1 Å². The molecule has 0 radical (unpaired) electrons. The van der Waals surface area contributed by atoms with Crippen LogP contribution in [-0.2, 0) is 4.74 Å². The van der Waals surface area contributed by atoms with Gasteiger partial charge in [0.05, 0.1) is 6.10 Å². The van der Waals surface area contributed by atoms with Crippen molar-refractivity contribution >= 4 is 29.9 Å². The molecular formula is C23H37IN4O. The Bertz CT molecular complexity index is 687. The summed E-state index contributed by atoms with van der Waals surface area (Å²) in [7, 11) is 1.92. The van der Waals surface area contributed by atoms with E-state index in [1.165, 1.54) is 12.0 Å². The van der Waals surface area contributed by atoms with E-state index in [0.717, 1.165) is 45.2 Å². The molecule has 4 atom stereocenters. The average molecular weight is 512 g/mol. The Labute approximate surface area is 193 Å². The molecule has 1 saturated carbocycles. The first-order chi connectivity index (χ1) is 13.6. The molecule has 0 bridgehead atoms. The first kappa shape index (κ1) is 22.8. The predicted molar refractivity (Wildman–Crippen MR) is 130 cm³/mol. The van der Waals surface area contributed by atoms with Crippen molar-refractivity contribution in [2.24, 2.45) is 16.3 Å². The highest BCUT2D eigenvalue weighted by atomic mass is 127. The third kappa shape index (κ3) is 4.30. The molecule has 6 heteroatoms. The van der Waals surface area contributed by atoms with Crippen LogP contribution >= 0.6 is 24.0 Å². The van der Waals surface area contributed by atoms with Gasteiger partial charge in [0, 0.05) is 63.3 Å². The van der Waals surface area contributed by atoms with Crippen molar-refractivity contribution in [1.29, 1.82) is 0 Å². The Morgan fingerprint density at radius 3 is 2.52 bits per heavy atom. The van der Waals surface area contributed by atoms with Gasteiger partial charge in [0.1, 0.15) is 0 Å². The smallest absolute Gasteiger partial charge is 0.193 e. The first-order valence-corrected chi connectivity index (χ1v) is 10.9. The highest BCUT2D eigenvalue weighted by molar-refractivity contribution is 14.0. The van der Waals surface area contributed by atoms with E-state index in [1.807, 2.05) is 7.05 Å². The maximum absolute atomic E-state index is 5.95. The molecule has 29 heavy (non-hydrogen) atoms. The van der Waals surface area contributed by atoms with E-state index in [2.05, 4.69) is 71.2 Å². The van der Waals surface area contributed by atoms with Crippen molar-refractivity contribution in [3.05, 3.63) is 35.9 Å². The number of hydrogen-bond donors (Lipinski definition) is 1. The SMILES string of the molecule is CCC(c1ccccc1)N1CCN(C(=NC)NC2C3CCOC3C2(C)C)CC1.I. The Kier molecular flexibility index (Phi) is 7.49. The third-order valence-corrected chi connectivity index (χ3v) is 7.22. The van der Waals surface area contributed by atoms with Crippen LogP contribution in [0.15, 0.2) is 35.3 Å². The lowest BCUT2D eigenvalue weighted by Gasteiger charge is -2.55. The molecule has 4 unspecified atom stereocenters. The number of aliphatic imine (C=N–C) groups is 1. The highest BCUT2D eigenvalue weighted by Gasteiger charge is 2.59. The minimum Gasteiger partial charge on any atom is -0.377 e. The molecule has 2 saturated heterocycles. The zero-order valence-electron chi connectivity index (χ0n) is 18.3. The summed E-state index contributed by atoms with van der Waals surface area (Å²) in [4.78, 5) is 9.70. The summed E-state index contributed by atoms with van der Waals surface area (Å²) < 4.78 is 5.95. The highest BCUT2D eigenvalue weighted by Crippen LogP contribution is 2.52. The van der Waals surface area contributed by atoms with Gasteiger partial charge >= 0.3 is 0 Å². The van der Waals surface area contributed by atoms with Crippen molar-refractivity contribution in [2.75, 3.05) is 39.8 Å². The summed E-state index contributed by atoms with van der Waals surface area (Å²) >= 11 is 0. The van der Waals surface area contributed by atoms with E-state index in [0.29, 0.717) is 24.1 Å². The van der Waals surface area contributed by atoms with Crippen LogP contribution < -0.4 is 5.32 Å². The summed E-state index contributed by atoms with van der Waals surface area (Å²) in [6.07, 6.45) is 2.73. The van der Waals surface area contributed by atoms with E-state index in [-0.39, 0.29) is 29.4 Å². The summed E-state index contributed by atoms with van der Waals surface area (Å²) in [5.74, 6) is 1.70. The van der Waals surface area contributed by atoms with Gasteiger partial charge in [-0.25, -0.2) is 0 Å². The maximum Gasteiger partial charge on any atom is 0.193 e. The molecule has 1 aromatic carbocycles. The van der Waals surface area contributed by atoms with E-state index in [4.69, 9.17) is 4.74 Å². The number of nitrogens with one attached hydrogen (secondary N) is 1. The Morgan fingerprint density at radius 2 is 1.90 bits per heavy atom. The molecular weight excluding hydrogens is 475 g/mol. The Balaban J connectivity index is 0.00000240. The summed E-state index contributed by atoms with van der Waals surface area (Å²) in [5, 5.41) is 3.80. The number of nitrogens with zero attached hydrogens (tertiary/aromatic N) is 3. The molecule has 0 amide bonds. The Morgan fingerprint density at radius 1 is 1.21 bits per heavy atom. The van der Waals surface area contributed by atoms with Gasteiger partial charge in [-0.1, -0.05) is 51.1 Å². The number of guanidine groups is 1. The van der Waals surface area contributed by atoms with Gasteiger partial charge in [-0.3, -0.25) is 9.89 Å². The number of piperazine rings is 1. The fraction of sp³-hybridized carbons (Fsp3) is 0.696. The first-order valence-electron chi connectivity index (χ1n) is 10.9. The lowest BCUT2D eigenvalue weighted by atomic mass is 9.57. The molecule has 3 aliphatic rings. The van der Waals surface area contributed by atoms with Gasteiger partial charge < -0.3 is 15.0 Å². The van der Waals surface area contributed by atoms with Crippen LogP contribution in [0.4, 0.5) is 0 Å². The molecule has 0 aromatic heterocycles. The maximum atomic E-state index is 5.95. The molecule has 1 aliphatic carbocycles. The van der Waals surface area contributed by atoms with Crippen LogP contribution in [-0.4, -0.2) is 67.7 Å². The fourth-order valence-corrected chi connectivity index (χ4v) is 5.68. The minimum absolute atomic E-state index is 0. The fourth-order valence-electron chi connectivity index (χ4n) is 5.68. The number of benzene rings is 1. The van der Waals surface area contributed by atoms with Gasteiger partial charge in [0.2, 0.25) is 0 Å². The van der Waals surface area contributed by atoms with E-state index in [1.54, 1.807) is 0 Å². The zero-order valence-corrected chi connectivity index (χ0v) is 20.6. The van der Waals surface area contributed by atoms with Gasteiger partial charge in [0.15, 0.2) is 5.96 Å². The van der Waals surface area contributed by atoms with Crippen molar-refractivity contribution in [1.82, 2.24) is 15.1 Å². The van der Waals surface area contributed by atoms with Crippen molar-refractivity contribution < 1.29 is 4.74 Å². The quantitative estimate of drug-likeness (QED) is 0.379. The molecule has 1 aromatic rings. The molecule has 4 rings (SSSR count). The van der Waals surface area contributed by atoms with Crippen LogP contribution in [0.25, 0.3) is 0 Å². The molecule has 2 heterocycles. The van der Waals surface area contributed by atoms with E-state index >= 15 is 0 Å². The van der Waals surface area contributed by atoms with Crippen molar-refractivity contribution in [3.8, 4) is 0 Å². The van der Waals surface area contributed by atoms with Crippen LogP contribution in [0.1, 0.15) is 45.2 Å². The van der Waals surface area contributed by atoms with Crippen LogP contribution in [0.3, 0.4) is 0 Å². The number of rotatable bonds is 4. The number of ether oxygens (including phenoxy) is 1. The van der Waals surface area contributed by atoms with E-state index in [9.17, 15) is 0 Å². The second-order valence-corrected chi connectivity index (χ2v) is 9.09. The number of fused-ring (bicyclic) bond motifs is 1. The second kappa shape index (κ2) is 9.52. The van der Waals surface area contributed by atoms with Gasteiger partial charge in [-0.05, 0) is 18.4 Å². The van der Waals surface area contributed by atoms with E-state index < -0.39 is 0 Å². The average Bonchev–Trinajstić information content (AvgIpc) is 3.18. The Hall–Kier alpha value is -0.860. The molecule has 0 spiro atoms. The number of halogens is 1. The van der Waals surface area contributed by atoms with Crippen molar-refractivity contribution in [2.45, 2.75) is 51.8 Å². The molecule has 162 valence electrons. The van der Waals surface area contributed by atoms with Crippen molar-refractivity contribution in [3.63, 3.8) is 0 Å². The van der Waals surface area contributed by atoms with Gasteiger partial charge in [-0.15, -0.1) is 24.0 Å². The second-order valence-electron chi connectivity index (χ2n) is 9.09. The molecule has 1 N–H and O–H groups in total. The molecule has 5 nitrogen and oxygen atoms in total. The monoisotopic (exact) mass is 512 g/mol. The summed E-state index contributed by atoms with van der Waals surface area (Å²) in [6.45, 7) is 12.1. The zero-order chi connectivity index (χ0) is 19.7. The molecule has 2 aliphatic heterocycles. The van der Waals surface area contributed by atoms with Crippen LogP contribution in [0, 0.1) is 11.3 Å². The third-order valence-electron chi connectivity index (χ3n) is 7.22. The normalized spacial score (nSPS) is 30.1. The number of hydrogen-bond acceptors (Lipinski definition) is 3. The van der Waals surface area contributed by atoms with Gasteiger partial charge in [0.25, 0.3) is 0 Å². The standard InChI is InChI=1S/C23H36N4O.HI/c1-5-19(17-9-7-6-8-10-17)26-12-14-27(15-13-26)22(24-4)25-20-18-11-16-28-21(18)23(20,2)3;/h6-10,18-21H,5,11-16H2,1-4H3,(H,24,25);1H. The lowest BCUT2D eigenvalue weighted by Crippen LogP contribution is -2.68. The lowest BCUT2D eigenvalue weighted by molar-refractivity contribution is -0.107. The molecule has 3 fully saturated rings. The summed E-state index contributed by atoms with van der Waals surface area (Å²) in [5.41, 5.74) is 1.61. The van der Waals surface area contributed by atoms with Crippen LogP contribution in [0.2, 0.25) is 0 Å². The minimum atomic E-state index is 0. The largest absolute Gasteiger partial charge is 0.377 e.